The minimum Gasteiger partial charge on any atom is -0.462 e. The standard InChI is InChI=1S/C45H76NO9P/c1-3-5-7-9-11-13-14-15-16-17-18-19-20-22-24-28-33-37-45(49)55-43(41-54-56(50,51)53-39-38-46)40-52-44(48)36-32-29-25-27-31-35-42(47)34-30-26-23-21-12-10-8-6-4-2/h12,15-16,18-19,21-22,24-27,30-31,35,42-43,47H,3-11,13-14,17,20,23,28-29,32-34,36-41,46H2,1-2H3,(H,50,51)/b16-15-,19-18-,21-12-,24-22-,27-25+,30-26-,35-31-/t42?,43-/m1/s1. The Hall–Kier alpha value is -2.85. The molecule has 0 aromatic carbocycles. The van der Waals surface area contributed by atoms with Gasteiger partial charge in [0, 0.05) is 19.4 Å². The number of hydrogen-bond acceptors (Lipinski definition) is 9. The van der Waals surface area contributed by atoms with Crippen LogP contribution in [0.5, 0.6) is 0 Å². The summed E-state index contributed by atoms with van der Waals surface area (Å²) < 4.78 is 32.6. The number of unbranched alkanes of at least 4 members (excludes halogenated alkanes) is 11. The number of carbonyl (C=O) groups excluding carboxylic acids is 2. The van der Waals surface area contributed by atoms with Crippen LogP contribution in [-0.2, 0) is 32.7 Å². The average molecular weight is 806 g/mol. The molecule has 0 aliphatic carbocycles. The number of nitrogens with two attached hydrogens (primary N) is 1. The van der Waals surface area contributed by atoms with Crippen molar-refractivity contribution in [2.75, 3.05) is 26.4 Å². The molecule has 0 spiro atoms. The molecule has 0 radical (unpaired) electrons. The molecule has 11 heteroatoms. The van der Waals surface area contributed by atoms with Crippen LogP contribution in [0, 0.1) is 0 Å². The molecule has 0 saturated carbocycles. The van der Waals surface area contributed by atoms with Gasteiger partial charge < -0.3 is 25.2 Å². The molecule has 0 heterocycles. The third kappa shape index (κ3) is 39.4. The second-order valence-corrected chi connectivity index (χ2v) is 15.2. The monoisotopic (exact) mass is 806 g/mol. The molecule has 56 heavy (non-hydrogen) atoms. The zero-order valence-electron chi connectivity index (χ0n) is 34.7. The molecule has 0 amide bonds. The number of esters is 2. The van der Waals surface area contributed by atoms with E-state index >= 15 is 0 Å². The molecule has 0 rings (SSSR count). The van der Waals surface area contributed by atoms with Crippen molar-refractivity contribution in [3.8, 4) is 0 Å². The van der Waals surface area contributed by atoms with E-state index in [-0.39, 0.29) is 32.6 Å². The SMILES string of the molecule is CCCCC/C=C\C/C=C\CC(O)/C=C\C=C\CCCC(=O)OC[C@H](COP(=O)(O)OCCN)OC(=O)CCC/C=C\C/C=C\C/C=C\CCCCCCCC. The van der Waals surface area contributed by atoms with Gasteiger partial charge in [-0.3, -0.25) is 18.6 Å². The molecule has 3 atom stereocenters. The van der Waals surface area contributed by atoms with Gasteiger partial charge in [0.05, 0.1) is 19.3 Å². The highest BCUT2D eigenvalue weighted by Gasteiger charge is 2.25. The van der Waals surface area contributed by atoms with Gasteiger partial charge in [-0.1, -0.05) is 144 Å². The van der Waals surface area contributed by atoms with Gasteiger partial charge in [0.1, 0.15) is 6.61 Å². The smallest absolute Gasteiger partial charge is 0.462 e. The molecule has 0 saturated heterocycles. The summed E-state index contributed by atoms with van der Waals surface area (Å²) in [5, 5.41) is 10.1. The zero-order chi connectivity index (χ0) is 41.2. The van der Waals surface area contributed by atoms with Crippen LogP contribution in [0.1, 0.15) is 149 Å². The number of aliphatic hydroxyl groups is 1. The van der Waals surface area contributed by atoms with E-state index in [0.29, 0.717) is 32.1 Å². The van der Waals surface area contributed by atoms with Crippen LogP contribution in [0.3, 0.4) is 0 Å². The lowest BCUT2D eigenvalue weighted by atomic mass is 10.1. The Morgan fingerprint density at radius 1 is 0.625 bits per heavy atom. The first kappa shape index (κ1) is 53.1. The maximum atomic E-state index is 12.5. The van der Waals surface area contributed by atoms with E-state index in [2.05, 4.69) is 62.5 Å². The summed E-state index contributed by atoms with van der Waals surface area (Å²) in [5.41, 5.74) is 5.33. The first-order chi connectivity index (χ1) is 27.2. The average Bonchev–Trinajstić information content (AvgIpc) is 3.18. The third-order valence-electron chi connectivity index (χ3n) is 8.33. The van der Waals surface area contributed by atoms with E-state index < -0.39 is 38.6 Å². The summed E-state index contributed by atoms with van der Waals surface area (Å²) in [7, 11) is -4.43. The quantitative estimate of drug-likeness (QED) is 0.0180. The Labute approximate surface area is 339 Å². The molecular formula is C45H76NO9P. The minimum absolute atomic E-state index is 0.0218. The van der Waals surface area contributed by atoms with Crippen LogP contribution in [0.15, 0.2) is 85.1 Å². The second-order valence-electron chi connectivity index (χ2n) is 13.7. The van der Waals surface area contributed by atoms with Gasteiger partial charge >= 0.3 is 19.8 Å². The molecule has 0 bridgehead atoms. The fourth-order valence-electron chi connectivity index (χ4n) is 5.13. The van der Waals surface area contributed by atoms with Crippen molar-refractivity contribution in [2.24, 2.45) is 5.73 Å². The summed E-state index contributed by atoms with van der Waals surface area (Å²) in [6.07, 6.45) is 46.5. The van der Waals surface area contributed by atoms with Crippen molar-refractivity contribution in [3.63, 3.8) is 0 Å². The largest absolute Gasteiger partial charge is 0.472 e. The summed E-state index contributed by atoms with van der Waals surface area (Å²) in [6.45, 7) is 3.44. The van der Waals surface area contributed by atoms with Gasteiger partial charge in [0.15, 0.2) is 6.10 Å². The number of hydrogen-bond donors (Lipinski definition) is 3. The summed E-state index contributed by atoms with van der Waals surface area (Å²) >= 11 is 0. The lowest BCUT2D eigenvalue weighted by Gasteiger charge is -2.19. The Bertz CT molecular complexity index is 1210. The first-order valence-corrected chi connectivity index (χ1v) is 22.7. The predicted molar refractivity (Wildman–Crippen MR) is 230 cm³/mol. The van der Waals surface area contributed by atoms with Gasteiger partial charge in [0.25, 0.3) is 0 Å². The molecule has 0 aromatic heterocycles. The molecule has 2 unspecified atom stereocenters. The third-order valence-corrected chi connectivity index (χ3v) is 9.32. The Morgan fingerprint density at radius 2 is 1.14 bits per heavy atom. The van der Waals surface area contributed by atoms with Gasteiger partial charge in [-0.2, -0.15) is 0 Å². The van der Waals surface area contributed by atoms with E-state index in [4.69, 9.17) is 24.3 Å². The lowest BCUT2D eigenvalue weighted by molar-refractivity contribution is -0.161. The fraction of sp³-hybridized carbons (Fsp3) is 0.644. The second kappa shape index (κ2) is 40.4. The summed E-state index contributed by atoms with van der Waals surface area (Å²) in [5.74, 6) is -1.03. The molecule has 0 fully saturated rings. The van der Waals surface area contributed by atoms with Crippen LogP contribution in [-0.4, -0.2) is 60.5 Å². The molecule has 320 valence electrons. The van der Waals surface area contributed by atoms with Gasteiger partial charge in [0.2, 0.25) is 0 Å². The normalized spacial score (nSPS) is 14.7. The van der Waals surface area contributed by atoms with Gasteiger partial charge in [-0.05, 0) is 77.0 Å². The number of allylic oxidation sites excluding steroid dienone is 12. The first-order valence-electron chi connectivity index (χ1n) is 21.2. The predicted octanol–water partition coefficient (Wildman–Crippen LogP) is 11.0. The molecule has 0 aliphatic heterocycles. The van der Waals surface area contributed by atoms with Crippen LogP contribution >= 0.6 is 7.82 Å². The number of phosphoric acid groups is 1. The van der Waals surface area contributed by atoms with Crippen molar-refractivity contribution < 1.29 is 42.7 Å². The van der Waals surface area contributed by atoms with Crippen molar-refractivity contribution in [3.05, 3.63) is 85.1 Å². The maximum Gasteiger partial charge on any atom is 0.472 e. The van der Waals surface area contributed by atoms with E-state index in [1.807, 2.05) is 24.3 Å². The Morgan fingerprint density at radius 3 is 1.79 bits per heavy atom. The van der Waals surface area contributed by atoms with E-state index in [1.165, 1.54) is 57.8 Å². The number of rotatable bonds is 38. The summed E-state index contributed by atoms with van der Waals surface area (Å²) in [4.78, 5) is 34.8. The molecule has 10 nitrogen and oxygen atoms in total. The Kier molecular flexibility index (Phi) is 38.3. The van der Waals surface area contributed by atoms with Crippen LogP contribution < -0.4 is 5.73 Å². The van der Waals surface area contributed by atoms with Crippen LogP contribution in [0.25, 0.3) is 0 Å². The van der Waals surface area contributed by atoms with E-state index in [9.17, 15) is 24.2 Å². The minimum atomic E-state index is -4.43. The van der Waals surface area contributed by atoms with Crippen LogP contribution in [0.2, 0.25) is 0 Å². The zero-order valence-corrected chi connectivity index (χ0v) is 35.6. The highest BCUT2D eigenvalue weighted by molar-refractivity contribution is 7.47. The summed E-state index contributed by atoms with van der Waals surface area (Å²) in [6, 6.07) is 0. The lowest BCUT2D eigenvalue weighted by Crippen LogP contribution is -2.29. The molecular weight excluding hydrogens is 729 g/mol. The number of phosphoric ester groups is 1. The van der Waals surface area contributed by atoms with E-state index in [1.54, 1.807) is 12.2 Å². The fourth-order valence-corrected chi connectivity index (χ4v) is 5.90. The number of carbonyl (C=O) groups is 2. The highest BCUT2D eigenvalue weighted by Crippen LogP contribution is 2.43. The number of ether oxygens (including phenoxy) is 2. The number of aliphatic hydroxyl groups excluding tert-OH is 1. The van der Waals surface area contributed by atoms with Crippen LogP contribution in [0.4, 0.5) is 0 Å². The van der Waals surface area contributed by atoms with Crippen molar-refractivity contribution in [1.29, 1.82) is 0 Å². The maximum absolute atomic E-state index is 12.5. The van der Waals surface area contributed by atoms with Crippen molar-refractivity contribution >= 4 is 19.8 Å². The van der Waals surface area contributed by atoms with Crippen molar-refractivity contribution in [2.45, 2.75) is 161 Å². The highest BCUT2D eigenvalue weighted by atomic mass is 31.2. The topological polar surface area (TPSA) is 155 Å². The molecule has 4 N–H and O–H groups in total. The van der Waals surface area contributed by atoms with Gasteiger partial charge in [-0.25, -0.2) is 4.57 Å². The van der Waals surface area contributed by atoms with E-state index in [0.717, 1.165) is 32.1 Å². The van der Waals surface area contributed by atoms with Gasteiger partial charge in [-0.15, -0.1) is 0 Å². The molecule has 0 aliphatic rings. The van der Waals surface area contributed by atoms with Crippen molar-refractivity contribution in [1.82, 2.24) is 0 Å². The molecule has 0 aromatic rings. The Balaban J connectivity index is 4.46.